The Morgan fingerprint density at radius 3 is 2.96 bits per heavy atom. The van der Waals surface area contributed by atoms with Gasteiger partial charge in [-0.05, 0) is 37.8 Å². The van der Waals surface area contributed by atoms with Gasteiger partial charge in [0.2, 0.25) is 5.91 Å². The van der Waals surface area contributed by atoms with Gasteiger partial charge in [0, 0.05) is 11.5 Å². The number of amides is 1. The summed E-state index contributed by atoms with van der Waals surface area (Å²) in [6.45, 7) is 0.408. The van der Waals surface area contributed by atoms with Crippen LogP contribution in [0.3, 0.4) is 0 Å². The monoisotopic (exact) mass is 373 g/mol. The van der Waals surface area contributed by atoms with E-state index in [2.05, 4.69) is 10.3 Å². The van der Waals surface area contributed by atoms with Crippen molar-refractivity contribution in [2.24, 2.45) is 5.92 Å². The number of aromatic nitrogens is 1. The molecule has 0 spiro atoms. The van der Waals surface area contributed by atoms with Gasteiger partial charge in [-0.25, -0.2) is 9.37 Å². The summed E-state index contributed by atoms with van der Waals surface area (Å²) >= 11 is 1.01. The predicted molar refractivity (Wildman–Crippen MR) is 93.7 cm³/mol. The van der Waals surface area contributed by atoms with Crippen LogP contribution in [0.25, 0.3) is 11.3 Å². The number of hydrogen-bond acceptors (Lipinski definition) is 6. The number of benzene rings is 1. The Labute approximate surface area is 153 Å². The second kappa shape index (κ2) is 8.06. The molecule has 3 rings (SSSR count). The number of thiazole rings is 1. The Morgan fingerprint density at radius 2 is 2.23 bits per heavy atom. The van der Waals surface area contributed by atoms with Crippen molar-refractivity contribution >= 4 is 28.8 Å². The van der Waals surface area contributed by atoms with E-state index in [0.29, 0.717) is 19.3 Å². The zero-order valence-electron chi connectivity index (χ0n) is 13.8. The Balaban J connectivity index is 1.76. The molecular weight excluding hydrogens is 357 g/mol. The van der Waals surface area contributed by atoms with Crippen LogP contribution in [0.15, 0.2) is 24.3 Å². The first-order valence-electron chi connectivity index (χ1n) is 8.18. The Morgan fingerprint density at radius 1 is 1.42 bits per heavy atom. The van der Waals surface area contributed by atoms with Crippen molar-refractivity contribution in [3.8, 4) is 17.3 Å². The van der Waals surface area contributed by atoms with Crippen LogP contribution in [0.1, 0.15) is 30.6 Å². The minimum atomic E-state index is -0.478. The molecule has 26 heavy (non-hydrogen) atoms. The molecule has 2 aromatic rings. The second-order valence-electron chi connectivity index (χ2n) is 6.00. The molecule has 2 atom stereocenters. The molecule has 0 saturated heterocycles. The lowest BCUT2D eigenvalue weighted by molar-refractivity contribution is -0.137. The van der Waals surface area contributed by atoms with Crippen molar-refractivity contribution < 1.29 is 18.7 Å². The van der Waals surface area contributed by atoms with Gasteiger partial charge in [-0.1, -0.05) is 23.5 Å². The molecule has 1 aliphatic carbocycles. The van der Waals surface area contributed by atoms with E-state index in [9.17, 15) is 19.2 Å². The highest BCUT2D eigenvalue weighted by molar-refractivity contribution is 7.16. The van der Waals surface area contributed by atoms with Crippen molar-refractivity contribution in [1.29, 1.82) is 5.26 Å². The van der Waals surface area contributed by atoms with Crippen molar-refractivity contribution in [3.63, 3.8) is 0 Å². The third-order valence-corrected chi connectivity index (χ3v) is 5.21. The molecule has 1 heterocycles. The molecule has 1 aliphatic rings. The van der Waals surface area contributed by atoms with Gasteiger partial charge < -0.3 is 10.1 Å². The van der Waals surface area contributed by atoms with Gasteiger partial charge in [-0.15, -0.1) is 0 Å². The van der Waals surface area contributed by atoms with Gasteiger partial charge in [0.05, 0.1) is 0 Å². The first-order chi connectivity index (χ1) is 12.6. The fraction of sp³-hybridized carbons (Fsp3) is 0.333. The van der Waals surface area contributed by atoms with Crippen LogP contribution >= 0.6 is 11.3 Å². The number of anilines is 1. The highest BCUT2D eigenvalue weighted by Gasteiger charge is 2.29. The van der Waals surface area contributed by atoms with Gasteiger partial charge >= 0.3 is 0 Å². The van der Waals surface area contributed by atoms with Crippen LogP contribution in [-0.2, 0) is 14.3 Å². The summed E-state index contributed by atoms with van der Waals surface area (Å²) in [7, 11) is 0. The quantitative estimate of drug-likeness (QED) is 0.810. The van der Waals surface area contributed by atoms with Crippen LogP contribution in [0, 0.1) is 23.1 Å². The van der Waals surface area contributed by atoms with Crippen molar-refractivity contribution in [1.82, 2.24) is 4.98 Å². The maximum Gasteiger partial charge on any atom is 0.293 e. The van der Waals surface area contributed by atoms with Crippen molar-refractivity contribution in [3.05, 3.63) is 35.0 Å². The van der Waals surface area contributed by atoms with Crippen LogP contribution in [-0.4, -0.2) is 23.5 Å². The van der Waals surface area contributed by atoms with Gasteiger partial charge in [0.1, 0.15) is 28.6 Å². The molecule has 0 radical (unpaired) electrons. The molecule has 0 aliphatic heterocycles. The standard InChI is InChI=1S/C18H16FN3O3S/c19-14-7-2-1-6-13(14)16-15(9-20)26-18(21-16)22-17(24)11-4-3-5-12(8-11)25-10-23/h1-2,6-7,10-12H,3-5,8H2,(H,21,22,24). The molecule has 1 aromatic carbocycles. The van der Waals surface area contributed by atoms with Crippen LogP contribution < -0.4 is 5.32 Å². The zero-order chi connectivity index (χ0) is 18.5. The van der Waals surface area contributed by atoms with Gasteiger partial charge in [0.25, 0.3) is 6.47 Å². The molecule has 1 aromatic heterocycles. The number of halogens is 1. The first kappa shape index (κ1) is 18.0. The number of nitrogens with one attached hydrogen (secondary N) is 1. The third kappa shape index (κ3) is 3.89. The number of nitriles is 1. The lowest BCUT2D eigenvalue weighted by Gasteiger charge is -2.26. The molecule has 8 heteroatoms. The number of ether oxygens (including phenoxy) is 1. The van der Waals surface area contributed by atoms with E-state index in [1.165, 1.54) is 6.07 Å². The normalized spacial score (nSPS) is 19.4. The molecule has 0 bridgehead atoms. The maximum absolute atomic E-state index is 14.0. The van der Waals surface area contributed by atoms with Gasteiger partial charge in [-0.2, -0.15) is 5.26 Å². The fourth-order valence-electron chi connectivity index (χ4n) is 3.08. The number of hydrogen-bond donors (Lipinski definition) is 1. The van der Waals surface area contributed by atoms with Crippen LogP contribution in [0.5, 0.6) is 0 Å². The van der Waals surface area contributed by atoms with Crippen LogP contribution in [0.2, 0.25) is 0 Å². The Bertz CT molecular complexity index is 862. The largest absolute Gasteiger partial charge is 0.465 e. The van der Waals surface area contributed by atoms with E-state index in [1.54, 1.807) is 18.2 Å². The van der Waals surface area contributed by atoms with Gasteiger partial charge in [-0.3, -0.25) is 9.59 Å². The molecule has 1 fully saturated rings. The minimum Gasteiger partial charge on any atom is -0.465 e. The predicted octanol–water partition coefficient (Wildman–Crippen LogP) is 3.49. The molecule has 1 amide bonds. The average Bonchev–Trinajstić information content (AvgIpc) is 3.05. The number of carbonyl (C=O) groups is 2. The number of rotatable bonds is 5. The topological polar surface area (TPSA) is 92.1 Å². The summed E-state index contributed by atoms with van der Waals surface area (Å²) < 4.78 is 19.0. The first-order valence-corrected chi connectivity index (χ1v) is 8.99. The summed E-state index contributed by atoms with van der Waals surface area (Å²) in [5.74, 6) is -1.00. The van der Waals surface area contributed by atoms with E-state index in [4.69, 9.17) is 4.74 Å². The number of nitrogens with zero attached hydrogens (tertiary/aromatic N) is 2. The molecule has 6 nitrogen and oxygen atoms in total. The van der Waals surface area contributed by atoms with E-state index >= 15 is 0 Å². The Hall–Kier alpha value is -2.79. The number of carbonyl (C=O) groups excluding carboxylic acids is 2. The molecule has 134 valence electrons. The van der Waals surface area contributed by atoms with Gasteiger partial charge in [0.15, 0.2) is 5.13 Å². The zero-order valence-corrected chi connectivity index (χ0v) is 14.6. The molecule has 1 saturated carbocycles. The average molecular weight is 373 g/mol. The van der Waals surface area contributed by atoms with E-state index < -0.39 is 5.82 Å². The summed E-state index contributed by atoms with van der Waals surface area (Å²) in [5, 5.41) is 12.3. The van der Waals surface area contributed by atoms with E-state index in [1.807, 2.05) is 6.07 Å². The highest BCUT2D eigenvalue weighted by Crippen LogP contribution is 2.33. The molecule has 2 unspecified atom stereocenters. The summed E-state index contributed by atoms with van der Waals surface area (Å²) in [6.07, 6.45) is 2.44. The summed E-state index contributed by atoms with van der Waals surface area (Å²) in [5.41, 5.74) is 0.439. The summed E-state index contributed by atoms with van der Waals surface area (Å²) in [4.78, 5) is 27.4. The smallest absolute Gasteiger partial charge is 0.293 e. The maximum atomic E-state index is 14.0. The highest BCUT2D eigenvalue weighted by atomic mass is 32.1. The van der Waals surface area contributed by atoms with E-state index in [0.717, 1.165) is 24.2 Å². The van der Waals surface area contributed by atoms with Crippen molar-refractivity contribution in [2.45, 2.75) is 31.8 Å². The summed E-state index contributed by atoms with van der Waals surface area (Å²) in [6, 6.07) is 8.05. The van der Waals surface area contributed by atoms with Crippen LogP contribution in [0.4, 0.5) is 9.52 Å². The SMILES string of the molecule is N#Cc1sc(NC(=O)C2CCCC(OC=O)C2)nc1-c1ccccc1F. The third-order valence-electron chi connectivity index (χ3n) is 4.33. The van der Waals surface area contributed by atoms with Crippen molar-refractivity contribution in [2.75, 3.05) is 5.32 Å². The second-order valence-corrected chi connectivity index (χ2v) is 6.99. The fourth-order valence-corrected chi connectivity index (χ4v) is 3.86. The molecule has 1 N–H and O–H groups in total. The Kier molecular flexibility index (Phi) is 5.58. The lowest BCUT2D eigenvalue weighted by Crippen LogP contribution is -2.31. The lowest BCUT2D eigenvalue weighted by atomic mass is 9.86. The molecular formula is C18H16FN3O3S. The van der Waals surface area contributed by atoms with E-state index in [-0.39, 0.29) is 39.2 Å². The minimum absolute atomic E-state index is 0.219.